The van der Waals surface area contributed by atoms with Gasteiger partial charge in [0.15, 0.2) is 0 Å². The molecule has 1 N–H and O–H groups in total. The van der Waals surface area contributed by atoms with Crippen molar-refractivity contribution in [2.24, 2.45) is 5.41 Å². The van der Waals surface area contributed by atoms with Crippen LogP contribution in [0.15, 0.2) is 42.6 Å². The standard InChI is InChI=1S/C20H22N2O2/c1-5-24-18-8-6-7-17(13-18)22-19(23)15-9-10-16(21-14-15)11-12-20(2,3)4/h6-10,13-14H,5H2,1-4H3,(H,22,23). The van der Waals surface area contributed by atoms with Gasteiger partial charge in [-0.25, -0.2) is 4.98 Å². The van der Waals surface area contributed by atoms with E-state index < -0.39 is 0 Å². The molecule has 1 aromatic heterocycles. The highest BCUT2D eigenvalue weighted by Crippen LogP contribution is 2.18. The van der Waals surface area contributed by atoms with Gasteiger partial charge in [-0.3, -0.25) is 4.79 Å². The number of anilines is 1. The highest BCUT2D eigenvalue weighted by atomic mass is 16.5. The largest absolute Gasteiger partial charge is 0.494 e. The van der Waals surface area contributed by atoms with Crippen molar-refractivity contribution < 1.29 is 9.53 Å². The van der Waals surface area contributed by atoms with Gasteiger partial charge < -0.3 is 10.1 Å². The fourth-order valence-electron chi connectivity index (χ4n) is 1.89. The van der Waals surface area contributed by atoms with E-state index in [2.05, 4.69) is 22.1 Å². The third-order valence-electron chi connectivity index (χ3n) is 2.99. The Balaban J connectivity index is 2.07. The van der Waals surface area contributed by atoms with Crippen LogP contribution in [0.3, 0.4) is 0 Å². The second kappa shape index (κ2) is 7.65. The van der Waals surface area contributed by atoms with Crippen molar-refractivity contribution in [1.82, 2.24) is 4.98 Å². The number of nitrogens with one attached hydrogen (secondary N) is 1. The van der Waals surface area contributed by atoms with Crippen LogP contribution in [0.25, 0.3) is 0 Å². The van der Waals surface area contributed by atoms with Crippen molar-refractivity contribution in [2.45, 2.75) is 27.7 Å². The summed E-state index contributed by atoms with van der Waals surface area (Å²) in [6.07, 6.45) is 1.54. The van der Waals surface area contributed by atoms with Crippen LogP contribution >= 0.6 is 0 Å². The number of amides is 1. The van der Waals surface area contributed by atoms with Crippen molar-refractivity contribution in [1.29, 1.82) is 0 Å². The van der Waals surface area contributed by atoms with Crippen molar-refractivity contribution in [3.8, 4) is 17.6 Å². The number of nitrogens with zero attached hydrogens (tertiary/aromatic N) is 1. The molecule has 0 aliphatic rings. The van der Waals surface area contributed by atoms with E-state index in [4.69, 9.17) is 4.74 Å². The van der Waals surface area contributed by atoms with E-state index in [1.165, 1.54) is 6.20 Å². The first-order chi connectivity index (χ1) is 11.4. The average Bonchev–Trinajstić information content (AvgIpc) is 2.53. The molecule has 0 fully saturated rings. The summed E-state index contributed by atoms with van der Waals surface area (Å²) < 4.78 is 5.42. The maximum Gasteiger partial charge on any atom is 0.257 e. The molecule has 2 rings (SSSR count). The lowest BCUT2D eigenvalue weighted by atomic mass is 9.98. The molecule has 0 spiro atoms. The lowest BCUT2D eigenvalue weighted by Crippen LogP contribution is -2.12. The molecule has 124 valence electrons. The summed E-state index contributed by atoms with van der Waals surface area (Å²) in [5.74, 6) is 6.64. The first-order valence-electron chi connectivity index (χ1n) is 7.91. The summed E-state index contributed by atoms with van der Waals surface area (Å²) in [7, 11) is 0. The van der Waals surface area contributed by atoms with Crippen molar-refractivity contribution in [2.75, 3.05) is 11.9 Å². The summed E-state index contributed by atoms with van der Waals surface area (Å²) in [5, 5.41) is 2.84. The Morgan fingerprint density at radius 3 is 2.67 bits per heavy atom. The molecule has 1 heterocycles. The first kappa shape index (κ1) is 17.6. The van der Waals surface area contributed by atoms with Crippen LogP contribution < -0.4 is 10.1 Å². The van der Waals surface area contributed by atoms with Gasteiger partial charge >= 0.3 is 0 Å². The Hall–Kier alpha value is -2.80. The van der Waals surface area contributed by atoms with Gasteiger partial charge in [-0.1, -0.05) is 12.0 Å². The zero-order valence-electron chi connectivity index (χ0n) is 14.5. The van der Waals surface area contributed by atoms with Crippen LogP contribution in [-0.4, -0.2) is 17.5 Å². The van der Waals surface area contributed by atoms with Crippen LogP contribution in [0.2, 0.25) is 0 Å². The lowest BCUT2D eigenvalue weighted by molar-refractivity contribution is 0.102. The fraction of sp³-hybridized carbons (Fsp3) is 0.300. The number of ether oxygens (including phenoxy) is 1. The SMILES string of the molecule is CCOc1cccc(NC(=O)c2ccc(C#CC(C)(C)C)nc2)c1. The monoisotopic (exact) mass is 322 g/mol. The molecule has 1 aromatic carbocycles. The van der Waals surface area contributed by atoms with Crippen LogP contribution in [0.1, 0.15) is 43.7 Å². The van der Waals surface area contributed by atoms with Gasteiger partial charge in [0.05, 0.1) is 12.2 Å². The summed E-state index contributed by atoms with van der Waals surface area (Å²) in [6.45, 7) is 8.62. The molecule has 0 atom stereocenters. The van der Waals surface area contributed by atoms with Gasteiger partial charge in [-0.05, 0) is 57.9 Å². The highest BCUT2D eigenvalue weighted by Gasteiger charge is 2.08. The highest BCUT2D eigenvalue weighted by molar-refractivity contribution is 6.04. The second-order valence-electron chi connectivity index (χ2n) is 6.35. The van der Waals surface area contributed by atoms with Gasteiger partial charge in [0.2, 0.25) is 0 Å². The number of rotatable bonds is 4. The Morgan fingerprint density at radius 1 is 1.25 bits per heavy atom. The van der Waals surface area contributed by atoms with Crippen molar-refractivity contribution in [3.05, 3.63) is 53.9 Å². The van der Waals surface area contributed by atoms with E-state index in [-0.39, 0.29) is 11.3 Å². The quantitative estimate of drug-likeness (QED) is 0.861. The minimum atomic E-state index is -0.216. The average molecular weight is 322 g/mol. The fourth-order valence-corrected chi connectivity index (χ4v) is 1.89. The Bertz CT molecular complexity index is 763. The smallest absolute Gasteiger partial charge is 0.257 e. The number of carbonyl (C=O) groups excluding carboxylic acids is 1. The topological polar surface area (TPSA) is 51.2 Å². The molecule has 24 heavy (non-hydrogen) atoms. The van der Waals surface area contributed by atoms with Gasteiger partial charge in [0.25, 0.3) is 5.91 Å². The van der Waals surface area contributed by atoms with Crippen molar-refractivity contribution >= 4 is 11.6 Å². The summed E-state index contributed by atoms with van der Waals surface area (Å²) >= 11 is 0. The third kappa shape index (κ3) is 5.44. The predicted octanol–water partition coefficient (Wildman–Crippen LogP) is 4.13. The Kier molecular flexibility index (Phi) is 5.59. The molecule has 0 radical (unpaired) electrons. The molecular weight excluding hydrogens is 300 g/mol. The normalized spacial score (nSPS) is 10.5. The lowest BCUT2D eigenvalue weighted by Gasteiger charge is -2.08. The summed E-state index contributed by atoms with van der Waals surface area (Å²) in [6, 6.07) is 10.8. The summed E-state index contributed by atoms with van der Waals surface area (Å²) in [4.78, 5) is 16.5. The molecule has 0 saturated carbocycles. The predicted molar refractivity (Wildman–Crippen MR) is 96.1 cm³/mol. The molecule has 0 bridgehead atoms. The summed E-state index contributed by atoms with van der Waals surface area (Å²) in [5.41, 5.74) is 1.74. The number of carbonyl (C=O) groups is 1. The van der Waals surface area contributed by atoms with Gasteiger partial charge in [-0.15, -0.1) is 0 Å². The molecule has 4 heteroatoms. The Labute approximate surface area is 143 Å². The van der Waals surface area contributed by atoms with E-state index in [9.17, 15) is 4.79 Å². The molecular formula is C20H22N2O2. The van der Waals surface area contributed by atoms with Crippen LogP contribution in [-0.2, 0) is 0 Å². The maximum absolute atomic E-state index is 12.3. The second-order valence-corrected chi connectivity index (χ2v) is 6.35. The van der Waals surface area contributed by atoms with Gasteiger partial charge in [0, 0.05) is 23.4 Å². The van der Waals surface area contributed by atoms with Crippen molar-refractivity contribution in [3.63, 3.8) is 0 Å². The van der Waals surface area contributed by atoms with Gasteiger partial charge in [0.1, 0.15) is 11.4 Å². The molecule has 4 nitrogen and oxygen atoms in total. The number of hydrogen-bond acceptors (Lipinski definition) is 3. The maximum atomic E-state index is 12.3. The molecule has 2 aromatic rings. The van der Waals surface area contributed by atoms with E-state index in [0.29, 0.717) is 23.6 Å². The minimum absolute atomic E-state index is 0.0801. The molecule has 0 saturated heterocycles. The molecule has 0 aliphatic heterocycles. The van der Waals surface area contributed by atoms with Crippen LogP contribution in [0.5, 0.6) is 5.75 Å². The molecule has 0 aliphatic carbocycles. The van der Waals surface area contributed by atoms with Crippen LogP contribution in [0.4, 0.5) is 5.69 Å². The zero-order chi connectivity index (χ0) is 17.6. The van der Waals surface area contributed by atoms with E-state index in [1.807, 2.05) is 45.9 Å². The third-order valence-corrected chi connectivity index (χ3v) is 2.99. The number of aromatic nitrogens is 1. The minimum Gasteiger partial charge on any atom is -0.494 e. The number of pyridine rings is 1. The Morgan fingerprint density at radius 2 is 2.04 bits per heavy atom. The first-order valence-corrected chi connectivity index (χ1v) is 7.91. The van der Waals surface area contributed by atoms with Crippen LogP contribution in [0, 0.1) is 17.3 Å². The molecule has 1 amide bonds. The van der Waals surface area contributed by atoms with E-state index in [0.717, 1.165) is 5.75 Å². The van der Waals surface area contributed by atoms with E-state index in [1.54, 1.807) is 18.2 Å². The number of hydrogen-bond donors (Lipinski definition) is 1. The molecule has 0 unspecified atom stereocenters. The van der Waals surface area contributed by atoms with E-state index >= 15 is 0 Å². The van der Waals surface area contributed by atoms with Gasteiger partial charge in [-0.2, -0.15) is 0 Å². The number of benzene rings is 1. The zero-order valence-corrected chi connectivity index (χ0v) is 14.5.